The summed E-state index contributed by atoms with van der Waals surface area (Å²) >= 11 is 0. The van der Waals surface area contributed by atoms with E-state index in [1.807, 2.05) is 12.1 Å². The van der Waals surface area contributed by atoms with Gasteiger partial charge in [0.2, 0.25) is 5.62 Å². The Morgan fingerprint density at radius 1 is 0.538 bits per heavy atom. The molecule has 0 saturated carbocycles. The van der Waals surface area contributed by atoms with E-state index in [0.29, 0.717) is 5.62 Å². The Labute approximate surface area is 153 Å². The number of benzene rings is 3. The summed E-state index contributed by atoms with van der Waals surface area (Å²) in [5, 5.41) is 8.73. The summed E-state index contributed by atoms with van der Waals surface area (Å²) < 4.78 is 4.26. The van der Waals surface area contributed by atoms with Crippen LogP contribution in [0.4, 0.5) is 0 Å². The molecule has 1 N–H and O–H groups in total. The minimum atomic E-state index is 0.582. The van der Waals surface area contributed by atoms with Crippen LogP contribution in [0.1, 0.15) is 11.1 Å². The van der Waals surface area contributed by atoms with Gasteiger partial charge < -0.3 is 9.13 Å². The SMILES string of the molecule is N=c1n(CCc2ccccc2)c2ccccc2n1CCc1ccccc1. The van der Waals surface area contributed by atoms with Gasteiger partial charge in [-0.25, -0.2) is 0 Å². The minimum absolute atomic E-state index is 0.582. The molecule has 26 heavy (non-hydrogen) atoms. The van der Waals surface area contributed by atoms with Crippen LogP contribution in [0.25, 0.3) is 11.0 Å². The summed E-state index contributed by atoms with van der Waals surface area (Å²) in [6.07, 6.45) is 1.87. The normalized spacial score (nSPS) is 11.1. The molecule has 0 aliphatic rings. The maximum atomic E-state index is 8.73. The molecule has 1 aromatic heterocycles. The Morgan fingerprint density at radius 3 is 1.35 bits per heavy atom. The third-order valence-electron chi connectivity index (χ3n) is 4.91. The summed E-state index contributed by atoms with van der Waals surface area (Å²) in [5.41, 5.74) is 5.47. The molecular formula is C23H23N3. The van der Waals surface area contributed by atoms with Crippen molar-refractivity contribution >= 4 is 11.0 Å². The topological polar surface area (TPSA) is 33.7 Å². The summed E-state index contributed by atoms with van der Waals surface area (Å²) in [4.78, 5) is 0. The van der Waals surface area contributed by atoms with Gasteiger partial charge in [0.25, 0.3) is 0 Å². The molecular weight excluding hydrogens is 318 g/mol. The highest BCUT2D eigenvalue weighted by atomic mass is 15.2. The second kappa shape index (κ2) is 7.44. The van der Waals surface area contributed by atoms with Crippen molar-refractivity contribution in [2.75, 3.05) is 0 Å². The molecule has 1 heterocycles. The molecule has 0 radical (unpaired) electrons. The lowest BCUT2D eigenvalue weighted by molar-refractivity contribution is 0.595. The maximum absolute atomic E-state index is 8.73. The Kier molecular flexibility index (Phi) is 4.69. The van der Waals surface area contributed by atoms with Gasteiger partial charge in [0, 0.05) is 13.1 Å². The van der Waals surface area contributed by atoms with Crippen LogP contribution in [0.5, 0.6) is 0 Å². The monoisotopic (exact) mass is 341 g/mol. The molecule has 3 aromatic carbocycles. The highest BCUT2D eigenvalue weighted by Gasteiger charge is 2.10. The maximum Gasteiger partial charge on any atom is 0.203 e. The van der Waals surface area contributed by atoms with Crippen molar-refractivity contribution in [2.24, 2.45) is 0 Å². The van der Waals surface area contributed by atoms with Crippen molar-refractivity contribution in [3.05, 3.63) is 102 Å². The van der Waals surface area contributed by atoms with Gasteiger partial charge in [-0.05, 0) is 36.1 Å². The molecule has 4 rings (SSSR count). The summed E-state index contributed by atoms with van der Waals surface area (Å²) in [6.45, 7) is 1.64. The molecule has 0 saturated heterocycles. The number of para-hydroxylation sites is 2. The molecule has 4 aromatic rings. The second-order valence-corrected chi connectivity index (χ2v) is 6.59. The summed E-state index contributed by atoms with van der Waals surface area (Å²) in [6, 6.07) is 29.4. The first-order valence-corrected chi connectivity index (χ1v) is 9.13. The number of nitrogens with one attached hydrogen (secondary N) is 1. The lowest BCUT2D eigenvalue weighted by Gasteiger charge is -2.06. The second-order valence-electron chi connectivity index (χ2n) is 6.59. The van der Waals surface area contributed by atoms with Crippen LogP contribution in [0.2, 0.25) is 0 Å². The molecule has 0 unspecified atom stereocenters. The van der Waals surface area contributed by atoms with Crippen molar-refractivity contribution in [1.82, 2.24) is 9.13 Å². The minimum Gasteiger partial charge on any atom is -0.310 e. The largest absolute Gasteiger partial charge is 0.310 e. The molecule has 3 heteroatoms. The van der Waals surface area contributed by atoms with Gasteiger partial charge in [0.05, 0.1) is 11.0 Å². The van der Waals surface area contributed by atoms with E-state index in [0.717, 1.165) is 37.0 Å². The average Bonchev–Trinajstić information content (AvgIpc) is 2.97. The highest BCUT2D eigenvalue weighted by molar-refractivity contribution is 5.75. The molecule has 0 aliphatic carbocycles. The van der Waals surface area contributed by atoms with Gasteiger partial charge in [-0.2, -0.15) is 0 Å². The van der Waals surface area contributed by atoms with Crippen molar-refractivity contribution in [1.29, 1.82) is 5.41 Å². The quantitative estimate of drug-likeness (QED) is 0.539. The van der Waals surface area contributed by atoms with Gasteiger partial charge in [0.1, 0.15) is 0 Å². The number of nitrogens with zero attached hydrogens (tertiary/aromatic N) is 2. The van der Waals surface area contributed by atoms with Crippen LogP contribution in [0.3, 0.4) is 0 Å². The van der Waals surface area contributed by atoms with Gasteiger partial charge in [-0.15, -0.1) is 0 Å². The zero-order valence-electron chi connectivity index (χ0n) is 14.8. The lowest BCUT2D eigenvalue weighted by Crippen LogP contribution is -2.26. The number of aromatic nitrogens is 2. The smallest absolute Gasteiger partial charge is 0.203 e. The Morgan fingerprint density at radius 2 is 0.923 bits per heavy atom. The van der Waals surface area contributed by atoms with Gasteiger partial charge in [-0.3, -0.25) is 5.41 Å². The molecule has 0 aliphatic heterocycles. The number of imidazole rings is 1. The number of hydrogen-bond acceptors (Lipinski definition) is 1. The van der Waals surface area contributed by atoms with Gasteiger partial charge in [-0.1, -0.05) is 72.8 Å². The van der Waals surface area contributed by atoms with E-state index in [9.17, 15) is 0 Å². The van der Waals surface area contributed by atoms with Crippen LogP contribution in [-0.2, 0) is 25.9 Å². The molecule has 0 atom stereocenters. The van der Waals surface area contributed by atoms with E-state index in [-0.39, 0.29) is 0 Å². The van der Waals surface area contributed by atoms with Crippen LogP contribution in [0, 0.1) is 5.41 Å². The molecule has 0 spiro atoms. The van der Waals surface area contributed by atoms with Crippen LogP contribution < -0.4 is 5.62 Å². The zero-order chi connectivity index (χ0) is 17.8. The zero-order valence-corrected chi connectivity index (χ0v) is 14.8. The lowest BCUT2D eigenvalue weighted by atomic mass is 10.1. The molecule has 3 nitrogen and oxygen atoms in total. The van der Waals surface area contributed by atoms with Crippen molar-refractivity contribution in [2.45, 2.75) is 25.9 Å². The third kappa shape index (κ3) is 3.33. The Hall–Kier alpha value is -3.07. The third-order valence-corrected chi connectivity index (χ3v) is 4.91. The van der Waals surface area contributed by atoms with Crippen molar-refractivity contribution in [3.63, 3.8) is 0 Å². The van der Waals surface area contributed by atoms with E-state index < -0.39 is 0 Å². The first kappa shape index (κ1) is 16.4. The van der Waals surface area contributed by atoms with Gasteiger partial charge >= 0.3 is 0 Å². The van der Waals surface area contributed by atoms with E-state index in [1.165, 1.54) is 11.1 Å². The fraction of sp³-hybridized carbons (Fsp3) is 0.174. The summed E-state index contributed by atoms with van der Waals surface area (Å²) in [5.74, 6) is 0. The Balaban J connectivity index is 1.63. The standard InChI is InChI=1S/C23H23N3/c24-23-25(17-15-19-9-3-1-4-10-19)21-13-7-8-14-22(21)26(23)18-16-20-11-5-2-6-12-20/h1-14,24H,15-18H2. The molecule has 130 valence electrons. The number of hydrogen-bond donors (Lipinski definition) is 1. The number of fused-ring (bicyclic) bond motifs is 1. The fourth-order valence-corrected chi connectivity index (χ4v) is 3.52. The highest BCUT2D eigenvalue weighted by Crippen LogP contribution is 2.14. The fourth-order valence-electron chi connectivity index (χ4n) is 3.52. The van der Waals surface area contributed by atoms with Crippen molar-refractivity contribution in [3.8, 4) is 0 Å². The average molecular weight is 341 g/mol. The predicted octanol–water partition coefficient (Wildman–Crippen LogP) is 4.41. The van der Waals surface area contributed by atoms with Crippen LogP contribution in [-0.4, -0.2) is 9.13 Å². The van der Waals surface area contributed by atoms with Crippen molar-refractivity contribution < 1.29 is 0 Å². The number of rotatable bonds is 6. The predicted molar refractivity (Wildman–Crippen MR) is 106 cm³/mol. The van der Waals surface area contributed by atoms with E-state index in [2.05, 4.69) is 81.9 Å². The van der Waals surface area contributed by atoms with Gasteiger partial charge in [0.15, 0.2) is 0 Å². The molecule has 0 amide bonds. The van der Waals surface area contributed by atoms with Crippen LogP contribution >= 0.6 is 0 Å². The summed E-state index contributed by atoms with van der Waals surface area (Å²) in [7, 11) is 0. The first-order valence-electron chi connectivity index (χ1n) is 9.13. The van der Waals surface area contributed by atoms with E-state index >= 15 is 0 Å². The number of aryl methyl sites for hydroxylation is 4. The Bertz CT molecular complexity index is 960. The molecule has 0 bridgehead atoms. The van der Waals surface area contributed by atoms with Crippen LogP contribution in [0.15, 0.2) is 84.9 Å². The van der Waals surface area contributed by atoms with E-state index in [4.69, 9.17) is 5.41 Å². The first-order chi connectivity index (χ1) is 12.8. The molecule has 0 fully saturated rings. The van der Waals surface area contributed by atoms with E-state index in [1.54, 1.807) is 0 Å².